The maximum absolute atomic E-state index is 14.0. The maximum atomic E-state index is 14.0. The number of benzene rings is 3. The molecule has 0 aliphatic heterocycles. The summed E-state index contributed by atoms with van der Waals surface area (Å²) in [5.74, 6) is -0.584. The van der Waals surface area contributed by atoms with Gasteiger partial charge < -0.3 is 10.1 Å². The first-order chi connectivity index (χ1) is 14.2. The van der Waals surface area contributed by atoms with E-state index in [1.54, 1.807) is 44.2 Å². The minimum Gasteiger partial charge on any atom is -0.497 e. The van der Waals surface area contributed by atoms with Gasteiger partial charge in [-0.25, -0.2) is 12.8 Å². The molecule has 0 unspecified atom stereocenters. The number of ether oxygens (including phenoxy) is 1. The van der Waals surface area contributed by atoms with Gasteiger partial charge in [0.15, 0.2) is 0 Å². The second-order valence-corrected chi connectivity index (χ2v) is 8.40. The van der Waals surface area contributed by atoms with Gasteiger partial charge in [0.25, 0.3) is 15.9 Å². The Hall–Kier alpha value is -3.39. The van der Waals surface area contributed by atoms with Gasteiger partial charge in [-0.15, -0.1) is 0 Å². The van der Waals surface area contributed by atoms with E-state index in [-0.39, 0.29) is 16.1 Å². The molecule has 0 aromatic heterocycles. The molecule has 3 aromatic rings. The van der Waals surface area contributed by atoms with E-state index in [4.69, 9.17) is 4.74 Å². The lowest BCUT2D eigenvalue weighted by Gasteiger charge is -2.13. The third kappa shape index (κ3) is 4.77. The Morgan fingerprint density at radius 2 is 1.67 bits per heavy atom. The van der Waals surface area contributed by atoms with Crippen molar-refractivity contribution in [1.82, 2.24) is 0 Å². The van der Waals surface area contributed by atoms with Crippen LogP contribution >= 0.6 is 0 Å². The van der Waals surface area contributed by atoms with Crippen molar-refractivity contribution in [3.63, 3.8) is 0 Å². The number of anilines is 2. The molecular weight excluding hydrogens is 407 g/mol. The fourth-order valence-corrected chi connectivity index (χ4v) is 4.15. The van der Waals surface area contributed by atoms with Crippen LogP contribution in [-0.4, -0.2) is 21.4 Å². The molecule has 3 rings (SSSR count). The first-order valence-corrected chi connectivity index (χ1v) is 10.5. The van der Waals surface area contributed by atoms with Crippen LogP contribution in [0.2, 0.25) is 0 Å². The van der Waals surface area contributed by atoms with Crippen molar-refractivity contribution >= 4 is 27.3 Å². The molecule has 0 fully saturated rings. The molecule has 2 N–H and O–H groups in total. The van der Waals surface area contributed by atoms with Crippen molar-refractivity contribution < 1.29 is 22.3 Å². The number of amides is 1. The fourth-order valence-electron chi connectivity index (χ4n) is 2.82. The molecule has 0 bridgehead atoms. The van der Waals surface area contributed by atoms with Crippen LogP contribution in [0, 0.1) is 19.7 Å². The first kappa shape index (κ1) is 21.3. The van der Waals surface area contributed by atoms with Crippen LogP contribution in [0.3, 0.4) is 0 Å². The number of hydrogen-bond acceptors (Lipinski definition) is 4. The second-order valence-electron chi connectivity index (χ2n) is 6.75. The van der Waals surface area contributed by atoms with E-state index in [1.807, 2.05) is 0 Å². The summed E-state index contributed by atoms with van der Waals surface area (Å²) >= 11 is 0. The molecule has 6 nitrogen and oxygen atoms in total. The van der Waals surface area contributed by atoms with Gasteiger partial charge in [-0.1, -0.05) is 12.1 Å². The van der Waals surface area contributed by atoms with Crippen molar-refractivity contribution in [2.24, 2.45) is 0 Å². The summed E-state index contributed by atoms with van der Waals surface area (Å²) in [6.45, 7) is 3.37. The van der Waals surface area contributed by atoms with Gasteiger partial charge in [0.2, 0.25) is 0 Å². The zero-order chi connectivity index (χ0) is 21.9. The SMILES string of the molecule is COc1ccc(NS(=O)(=O)c2cc(C(=O)Nc3ccc(C)cc3F)ccc2C)cc1. The van der Waals surface area contributed by atoms with Crippen molar-refractivity contribution in [3.8, 4) is 5.75 Å². The average molecular weight is 428 g/mol. The standard InChI is InChI=1S/C22H21FN2O4S/c1-14-4-11-20(19(23)12-14)24-22(26)16-6-5-15(2)21(13-16)30(27,28)25-17-7-9-18(29-3)10-8-17/h4-13,25H,1-3H3,(H,24,26). The van der Waals surface area contributed by atoms with Crippen LogP contribution in [0.25, 0.3) is 0 Å². The molecule has 156 valence electrons. The summed E-state index contributed by atoms with van der Waals surface area (Å²) < 4.78 is 47.3. The molecule has 0 atom stereocenters. The molecule has 0 radical (unpaired) electrons. The molecule has 3 aromatic carbocycles. The monoisotopic (exact) mass is 428 g/mol. The number of rotatable bonds is 6. The number of carbonyl (C=O) groups excluding carboxylic acids is 1. The topological polar surface area (TPSA) is 84.5 Å². The Balaban J connectivity index is 1.86. The summed E-state index contributed by atoms with van der Waals surface area (Å²) in [5, 5.41) is 2.47. The number of hydrogen-bond donors (Lipinski definition) is 2. The Labute approximate surface area is 174 Å². The lowest BCUT2D eigenvalue weighted by molar-refractivity contribution is 0.102. The number of halogens is 1. The van der Waals surface area contributed by atoms with Gasteiger partial charge in [-0.2, -0.15) is 0 Å². The Morgan fingerprint density at radius 3 is 2.30 bits per heavy atom. The van der Waals surface area contributed by atoms with Gasteiger partial charge in [-0.05, 0) is 73.5 Å². The van der Waals surface area contributed by atoms with Crippen LogP contribution in [-0.2, 0) is 10.0 Å². The highest BCUT2D eigenvalue weighted by Crippen LogP contribution is 2.23. The van der Waals surface area contributed by atoms with E-state index in [1.165, 1.54) is 37.4 Å². The average Bonchev–Trinajstić information content (AvgIpc) is 2.70. The van der Waals surface area contributed by atoms with E-state index in [0.29, 0.717) is 17.0 Å². The predicted molar refractivity (Wildman–Crippen MR) is 114 cm³/mol. The minimum absolute atomic E-state index is 0.0203. The van der Waals surface area contributed by atoms with E-state index in [9.17, 15) is 17.6 Å². The Morgan fingerprint density at radius 1 is 0.967 bits per heavy atom. The zero-order valence-electron chi connectivity index (χ0n) is 16.7. The highest BCUT2D eigenvalue weighted by Gasteiger charge is 2.20. The molecule has 0 heterocycles. The van der Waals surface area contributed by atoms with Crippen molar-refractivity contribution in [2.75, 3.05) is 17.1 Å². The summed E-state index contributed by atoms with van der Waals surface area (Å²) in [7, 11) is -2.44. The number of methoxy groups -OCH3 is 1. The molecule has 30 heavy (non-hydrogen) atoms. The predicted octanol–water partition coefficient (Wildman–Crippen LogP) is 4.50. The van der Waals surface area contributed by atoms with E-state index < -0.39 is 21.7 Å². The largest absolute Gasteiger partial charge is 0.497 e. The summed E-state index contributed by atoms with van der Waals surface area (Å²) in [5.41, 5.74) is 1.65. The highest BCUT2D eigenvalue weighted by atomic mass is 32.2. The van der Waals surface area contributed by atoms with Crippen molar-refractivity contribution in [3.05, 3.63) is 83.2 Å². The van der Waals surface area contributed by atoms with Gasteiger partial charge in [0.1, 0.15) is 11.6 Å². The van der Waals surface area contributed by atoms with Crippen LogP contribution < -0.4 is 14.8 Å². The smallest absolute Gasteiger partial charge is 0.262 e. The second kappa shape index (κ2) is 8.54. The van der Waals surface area contributed by atoms with Crippen LogP contribution in [0.1, 0.15) is 21.5 Å². The van der Waals surface area contributed by atoms with Crippen LogP contribution in [0.5, 0.6) is 5.75 Å². The Kier molecular flexibility index (Phi) is 6.07. The first-order valence-electron chi connectivity index (χ1n) is 9.04. The highest BCUT2D eigenvalue weighted by molar-refractivity contribution is 7.92. The Bertz CT molecular complexity index is 1190. The van der Waals surface area contributed by atoms with Crippen LogP contribution in [0.4, 0.5) is 15.8 Å². The lowest BCUT2D eigenvalue weighted by Crippen LogP contribution is -2.17. The number of nitrogens with one attached hydrogen (secondary N) is 2. The summed E-state index contributed by atoms with van der Waals surface area (Å²) in [6.07, 6.45) is 0. The third-order valence-corrected chi connectivity index (χ3v) is 5.98. The molecule has 0 aliphatic rings. The number of aryl methyl sites for hydroxylation is 2. The summed E-state index contributed by atoms with van der Waals surface area (Å²) in [6, 6.07) is 15.1. The fraction of sp³-hybridized carbons (Fsp3) is 0.136. The quantitative estimate of drug-likeness (QED) is 0.605. The van der Waals surface area contributed by atoms with E-state index in [2.05, 4.69) is 10.0 Å². The zero-order valence-corrected chi connectivity index (χ0v) is 17.5. The number of sulfonamides is 1. The van der Waals surface area contributed by atoms with Gasteiger partial charge >= 0.3 is 0 Å². The normalized spacial score (nSPS) is 11.1. The molecular formula is C22H21FN2O4S. The van der Waals surface area contributed by atoms with E-state index >= 15 is 0 Å². The van der Waals surface area contributed by atoms with Gasteiger partial charge in [-0.3, -0.25) is 9.52 Å². The van der Waals surface area contributed by atoms with Crippen molar-refractivity contribution in [2.45, 2.75) is 18.7 Å². The van der Waals surface area contributed by atoms with E-state index in [0.717, 1.165) is 5.56 Å². The molecule has 1 amide bonds. The molecule has 8 heteroatoms. The molecule has 0 saturated carbocycles. The molecule has 0 aliphatic carbocycles. The van der Waals surface area contributed by atoms with Crippen molar-refractivity contribution in [1.29, 1.82) is 0 Å². The summed E-state index contributed by atoms with van der Waals surface area (Å²) in [4.78, 5) is 12.5. The maximum Gasteiger partial charge on any atom is 0.262 e. The molecule has 0 spiro atoms. The third-order valence-electron chi connectivity index (χ3n) is 4.45. The van der Waals surface area contributed by atoms with Gasteiger partial charge in [0.05, 0.1) is 17.7 Å². The minimum atomic E-state index is -3.95. The van der Waals surface area contributed by atoms with Gasteiger partial charge in [0, 0.05) is 11.3 Å². The number of carbonyl (C=O) groups is 1. The molecule has 0 saturated heterocycles. The lowest BCUT2D eigenvalue weighted by atomic mass is 10.1. The van der Waals surface area contributed by atoms with Crippen LogP contribution in [0.15, 0.2) is 65.6 Å².